The number of nitrogens with two attached hydrogens (primary N) is 2. The molecule has 0 unspecified atom stereocenters. The van der Waals surface area contributed by atoms with Gasteiger partial charge in [-0.15, -0.1) is 12.6 Å². The number of benzene rings is 3. The molecule has 0 amide bonds. The lowest BCUT2D eigenvalue weighted by Gasteiger charge is -2.08. The van der Waals surface area contributed by atoms with Gasteiger partial charge in [-0.25, -0.2) is 4.99 Å². The van der Waals surface area contributed by atoms with Gasteiger partial charge in [-0.05, 0) is 47.2 Å². The van der Waals surface area contributed by atoms with Crippen molar-refractivity contribution in [1.82, 2.24) is 10.6 Å². The van der Waals surface area contributed by atoms with Gasteiger partial charge >= 0.3 is 0 Å². The molecule has 0 radical (unpaired) electrons. The molecule has 7 N–H and O–H groups in total. The van der Waals surface area contributed by atoms with Crippen molar-refractivity contribution < 1.29 is 5.11 Å². The predicted octanol–water partition coefficient (Wildman–Crippen LogP) is 3.82. The summed E-state index contributed by atoms with van der Waals surface area (Å²) in [5.41, 5.74) is 14.5. The first-order valence-corrected chi connectivity index (χ1v) is 10.4. The summed E-state index contributed by atoms with van der Waals surface area (Å²) in [6, 6.07) is 25.0. The molecule has 3 aromatic carbocycles. The highest BCUT2D eigenvalue weighted by Gasteiger charge is 2.00. The first kappa shape index (κ1) is 24.9. The smallest absolute Gasteiger partial charge is 0.209 e. The number of nitrogens with zero attached hydrogens (tertiary/aromatic N) is 2. The summed E-state index contributed by atoms with van der Waals surface area (Å²) in [5.74, 6) is 0.433. The standard InChI is InChI=1S/C13H16N6O.C12H10S/c14-6-5-11(7-15)19-13(18-9-16)17-8-10-1-3-12(20)4-2-10;13-12-9-5-4-8-11(12)10-6-2-1-3-7-10/h1-7,20H,8,14-15H2,(H2,17,18,19);1-9,13H/b6-5-,11-7+;. The molecule has 0 spiro atoms. The van der Waals surface area contributed by atoms with E-state index in [1.54, 1.807) is 30.5 Å². The van der Waals surface area contributed by atoms with Gasteiger partial charge in [0.25, 0.3) is 0 Å². The highest BCUT2D eigenvalue weighted by atomic mass is 32.1. The van der Waals surface area contributed by atoms with Crippen molar-refractivity contribution in [3.63, 3.8) is 0 Å². The van der Waals surface area contributed by atoms with Crippen molar-refractivity contribution in [1.29, 1.82) is 5.26 Å². The Hall–Kier alpha value is -4.35. The SMILES string of the molecule is N#CNC(=NCc1ccc(O)cc1)NC(/C=C\N)=C/N.Sc1ccccc1-c1ccccc1. The average molecular weight is 459 g/mol. The van der Waals surface area contributed by atoms with Crippen LogP contribution in [0.1, 0.15) is 5.56 Å². The molecule has 0 atom stereocenters. The number of aliphatic imine (C=N–C) groups is 1. The van der Waals surface area contributed by atoms with Crippen LogP contribution in [0.4, 0.5) is 0 Å². The van der Waals surface area contributed by atoms with Gasteiger partial charge in [0.1, 0.15) is 5.75 Å². The lowest BCUT2D eigenvalue weighted by atomic mass is 10.1. The topological polar surface area (TPSA) is 132 Å². The third-order valence-electron chi connectivity index (χ3n) is 4.24. The minimum Gasteiger partial charge on any atom is -0.508 e. The van der Waals surface area contributed by atoms with Crippen LogP contribution < -0.4 is 22.1 Å². The fraction of sp³-hybridized carbons (Fsp3) is 0.0400. The fourth-order valence-corrected chi connectivity index (χ4v) is 2.94. The number of nitriles is 1. The molecule has 7 nitrogen and oxygen atoms in total. The van der Waals surface area contributed by atoms with Gasteiger partial charge in [0.2, 0.25) is 5.96 Å². The van der Waals surface area contributed by atoms with E-state index < -0.39 is 0 Å². The van der Waals surface area contributed by atoms with Crippen LogP contribution in [0, 0.1) is 11.5 Å². The normalized spacial score (nSPS) is 11.3. The number of hydrogen-bond donors (Lipinski definition) is 6. The molecule has 0 heterocycles. The Morgan fingerprint density at radius 3 is 2.27 bits per heavy atom. The largest absolute Gasteiger partial charge is 0.508 e. The van der Waals surface area contributed by atoms with Gasteiger partial charge in [-0.1, -0.05) is 60.7 Å². The Labute approximate surface area is 199 Å². The number of nitrogens with one attached hydrogen (secondary N) is 2. The van der Waals surface area contributed by atoms with E-state index in [-0.39, 0.29) is 11.7 Å². The second kappa shape index (κ2) is 13.9. The second-order valence-electron chi connectivity index (χ2n) is 6.56. The Bertz CT molecular complexity index is 1140. The van der Waals surface area contributed by atoms with Crippen LogP contribution in [0.15, 0.2) is 113 Å². The minimum absolute atomic E-state index is 0.188. The summed E-state index contributed by atoms with van der Waals surface area (Å²) in [4.78, 5) is 5.22. The van der Waals surface area contributed by atoms with E-state index in [9.17, 15) is 5.11 Å². The Balaban J connectivity index is 0.000000254. The molecule has 0 saturated heterocycles. The lowest BCUT2D eigenvalue weighted by Crippen LogP contribution is -2.34. The number of hydrogen-bond acceptors (Lipinski definition) is 6. The summed E-state index contributed by atoms with van der Waals surface area (Å²) in [6.07, 6.45) is 5.93. The molecule has 33 heavy (non-hydrogen) atoms. The maximum Gasteiger partial charge on any atom is 0.209 e. The molecule has 0 fully saturated rings. The van der Waals surface area contributed by atoms with Gasteiger partial charge < -0.3 is 21.9 Å². The van der Waals surface area contributed by atoms with Crippen molar-refractivity contribution in [3.8, 4) is 23.1 Å². The van der Waals surface area contributed by atoms with Crippen LogP contribution in [0.3, 0.4) is 0 Å². The number of rotatable bonds is 5. The molecule has 0 aliphatic rings. The molecule has 0 bridgehead atoms. The third-order valence-corrected chi connectivity index (χ3v) is 4.63. The number of aromatic hydroxyl groups is 1. The molecular weight excluding hydrogens is 432 g/mol. The summed E-state index contributed by atoms with van der Waals surface area (Å²) in [7, 11) is 0. The van der Waals surface area contributed by atoms with Gasteiger partial charge in [-0.3, -0.25) is 5.32 Å². The Morgan fingerprint density at radius 2 is 1.67 bits per heavy atom. The van der Waals surface area contributed by atoms with E-state index >= 15 is 0 Å². The molecular formula is C25H26N6OS. The Kier molecular flexibility index (Phi) is 10.5. The predicted molar refractivity (Wildman–Crippen MR) is 136 cm³/mol. The first-order valence-electron chi connectivity index (χ1n) is 9.95. The Morgan fingerprint density at radius 1 is 1.00 bits per heavy atom. The molecule has 0 aromatic heterocycles. The zero-order chi connectivity index (χ0) is 23.9. The van der Waals surface area contributed by atoms with E-state index in [0.29, 0.717) is 12.2 Å². The van der Waals surface area contributed by atoms with E-state index in [2.05, 4.69) is 46.5 Å². The van der Waals surface area contributed by atoms with E-state index in [1.807, 2.05) is 36.4 Å². The maximum absolute atomic E-state index is 9.18. The summed E-state index contributed by atoms with van der Waals surface area (Å²) in [5, 5.41) is 23.1. The van der Waals surface area contributed by atoms with Crippen molar-refractivity contribution in [2.24, 2.45) is 16.5 Å². The van der Waals surface area contributed by atoms with Crippen LogP contribution in [0.25, 0.3) is 11.1 Å². The fourth-order valence-electron chi connectivity index (χ4n) is 2.65. The summed E-state index contributed by atoms with van der Waals surface area (Å²) in [6.45, 7) is 0.335. The van der Waals surface area contributed by atoms with Crippen molar-refractivity contribution in [2.45, 2.75) is 11.4 Å². The molecule has 3 rings (SSSR count). The lowest BCUT2D eigenvalue weighted by molar-refractivity contribution is 0.475. The number of phenolic OH excluding ortho intramolecular Hbond substituents is 1. The van der Waals surface area contributed by atoms with Crippen molar-refractivity contribution >= 4 is 18.6 Å². The molecule has 8 heteroatoms. The monoisotopic (exact) mass is 458 g/mol. The van der Waals surface area contributed by atoms with Crippen LogP contribution >= 0.6 is 12.6 Å². The van der Waals surface area contributed by atoms with E-state index in [4.69, 9.17) is 16.7 Å². The minimum atomic E-state index is 0.188. The summed E-state index contributed by atoms with van der Waals surface area (Å²) >= 11 is 4.41. The zero-order valence-electron chi connectivity index (χ0n) is 17.9. The molecule has 3 aromatic rings. The highest BCUT2D eigenvalue weighted by Crippen LogP contribution is 2.25. The van der Waals surface area contributed by atoms with Crippen LogP contribution in [0.5, 0.6) is 5.75 Å². The van der Waals surface area contributed by atoms with Crippen molar-refractivity contribution in [3.05, 3.63) is 109 Å². The number of allylic oxidation sites excluding steroid dienone is 1. The molecule has 168 valence electrons. The average Bonchev–Trinajstić information content (AvgIpc) is 2.84. The maximum atomic E-state index is 9.18. The third kappa shape index (κ3) is 8.73. The van der Waals surface area contributed by atoms with Crippen LogP contribution in [0.2, 0.25) is 0 Å². The first-order chi connectivity index (χ1) is 16.1. The molecule has 0 aliphatic carbocycles. The number of phenols is 1. The van der Waals surface area contributed by atoms with E-state index in [0.717, 1.165) is 10.5 Å². The van der Waals surface area contributed by atoms with E-state index in [1.165, 1.54) is 29.6 Å². The van der Waals surface area contributed by atoms with Crippen LogP contribution in [-0.2, 0) is 6.54 Å². The quantitative estimate of drug-likeness (QED) is 0.0860. The second-order valence-corrected chi connectivity index (χ2v) is 7.04. The van der Waals surface area contributed by atoms with Gasteiger partial charge in [0.15, 0.2) is 6.19 Å². The number of thiol groups is 1. The molecule has 0 saturated carbocycles. The summed E-state index contributed by atoms with van der Waals surface area (Å²) < 4.78 is 0. The van der Waals surface area contributed by atoms with Gasteiger partial charge in [-0.2, -0.15) is 5.26 Å². The molecule has 0 aliphatic heterocycles. The van der Waals surface area contributed by atoms with Gasteiger partial charge in [0, 0.05) is 11.1 Å². The van der Waals surface area contributed by atoms with Crippen LogP contribution in [-0.4, -0.2) is 11.1 Å². The van der Waals surface area contributed by atoms with Gasteiger partial charge in [0.05, 0.1) is 12.2 Å². The zero-order valence-corrected chi connectivity index (χ0v) is 18.8. The van der Waals surface area contributed by atoms with Crippen molar-refractivity contribution in [2.75, 3.05) is 0 Å². The highest BCUT2D eigenvalue weighted by molar-refractivity contribution is 7.80. The number of guanidine groups is 1.